The highest BCUT2D eigenvalue weighted by atomic mass is 35.5. The molecule has 0 amide bonds. The van der Waals surface area contributed by atoms with Gasteiger partial charge in [-0.3, -0.25) is 4.79 Å². The molecule has 0 unspecified atom stereocenters. The molecular formula is C11H8ClN3O. The number of hydrogen-bond acceptors (Lipinski definition) is 4. The van der Waals surface area contributed by atoms with E-state index in [0.717, 1.165) is 0 Å². The third-order valence-corrected chi connectivity index (χ3v) is 2.29. The second kappa shape index (κ2) is 4.28. The molecule has 0 aliphatic rings. The van der Waals surface area contributed by atoms with Gasteiger partial charge in [-0.2, -0.15) is 0 Å². The maximum Gasteiger partial charge on any atom is 0.168 e. The Bertz CT molecular complexity index is 543. The van der Waals surface area contributed by atoms with E-state index in [2.05, 4.69) is 9.97 Å². The third-order valence-electron chi connectivity index (χ3n) is 2.05. The van der Waals surface area contributed by atoms with Crippen LogP contribution in [0.2, 0.25) is 5.02 Å². The molecule has 0 aliphatic carbocycles. The highest BCUT2D eigenvalue weighted by Gasteiger charge is 2.07. The Hall–Kier alpha value is -1.94. The first-order chi connectivity index (χ1) is 7.70. The van der Waals surface area contributed by atoms with Gasteiger partial charge in [-0.25, -0.2) is 9.97 Å². The summed E-state index contributed by atoms with van der Waals surface area (Å²) in [6.07, 6.45) is 2.17. The van der Waals surface area contributed by atoms with Crippen LogP contribution in [0.25, 0.3) is 11.4 Å². The number of hydrogen-bond donors (Lipinski definition) is 1. The van der Waals surface area contributed by atoms with E-state index in [9.17, 15) is 4.79 Å². The van der Waals surface area contributed by atoms with E-state index in [-0.39, 0.29) is 0 Å². The molecule has 80 valence electrons. The van der Waals surface area contributed by atoms with Gasteiger partial charge in [0.1, 0.15) is 5.69 Å². The second-order valence-corrected chi connectivity index (χ2v) is 3.59. The molecule has 0 saturated carbocycles. The average Bonchev–Trinajstić information content (AvgIpc) is 2.32. The Kier molecular flexibility index (Phi) is 2.83. The fourth-order valence-electron chi connectivity index (χ4n) is 1.29. The normalized spacial score (nSPS) is 10.1. The van der Waals surface area contributed by atoms with E-state index < -0.39 is 0 Å². The summed E-state index contributed by atoms with van der Waals surface area (Å²) in [5.74, 6) is 0.393. The zero-order chi connectivity index (χ0) is 11.5. The number of benzene rings is 1. The summed E-state index contributed by atoms with van der Waals surface area (Å²) >= 11 is 5.86. The molecule has 2 rings (SSSR count). The van der Waals surface area contributed by atoms with Crippen LogP contribution in [0.4, 0.5) is 5.69 Å². The molecule has 0 saturated heterocycles. The minimum Gasteiger partial charge on any atom is -0.398 e. The van der Waals surface area contributed by atoms with Gasteiger partial charge < -0.3 is 5.73 Å². The Morgan fingerprint density at radius 1 is 1.31 bits per heavy atom. The maximum absolute atomic E-state index is 10.6. The molecule has 0 bridgehead atoms. The number of anilines is 1. The number of aromatic nitrogens is 2. The van der Waals surface area contributed by atoms with Gasteiger partial charge in [0.2, 0.25) is 0 Å². The summed E-state index contributed by atoms with van der Waals surface area (Å²) in [7, 11) is 0. The first kappa shape index (κ1) is 10.6. The predicted octanol–water partition coefficient (Wildman–Crippen LogP) is 2.19. The fourth-order valence-corrected chi connectivity index (χ4v) is 1.46. The number of nitrogens with zero attached hydrogens (tertiary/aromatic N) is 2. The summed E-state index contributed by atoms with van der Waals surface area (Å²) in [5, 5.41) is 0.546. The number of nitrogens with two attached hydrogens (primary N) is 1. The summed E-state index contributed by atoms with van der Waals surface area (Å²) in [6, 6.07) is 6.55. The van der Waals surface area contributed by atoms with Crippen molar-refractivity contribution in [3.8, 4) is 11.4 Å². The molecular weight excluding hydrogens is 226 g/mol. The van der Waals surface area contributed by atoms with Crippen LogP contribution in [0.1, 0.15) is 10.5 Å². The lowest BCUT2D eigenvalue weighted by Gasteiger charge is -2.04. The van der Waals surface area contributed by atoms with E-state index >= 15 is 0 Å². The van der Waals surface area contributed by atoms with Crippen LogP contribution in [0.3, 0.4) is 0 Å². The average molecular weight is 234 g/mol. The second-order valence-electron chi connectivity index (χ2n) is 3.15. The lowest BCUT2D eigenvalue weighted by molar-refractivity contribution is 0.111. The molecule has 0 fully saturated rings. The number of halogens is 1. The van der Waals surface area contributed by atoms with Gasteiger partial charge in [-0.05, 0) is 24.3 Å². The van der Waals surface area contributed by atoms with Crippen molar-refractivity contribution in [2.45, 2.75) is 0 Å². The molecule has 0 spiro atoms. The van der Waals surface area contributed by atoms with Crippen LogP contribution >= 0.6 is 11.6 Å². The SMILES string of the molecule is Nc1ccc(Cl)cc1-c1nccc(C=O)n1. The molecule has 4 nitrogen and oxygen atoms in total. The van der Waals surface area contributed by atoms with E-state index in [4.69, 9.17) is 17.3 Å². The topological polar surface area (TPSA) is 68.9 Å². The lowest BCUT2D eigenvalue weighted by Crippen LogP contribution is -1.97. The van der Waals surface area contributed by atoms with Crippen LogP contribution < -0.4 is 5.73 Å². The number of carbonyl (C=O) groups is 1. The smallest absolute Gasteiger partial charge is 0.168 e. The molecule has 0 atom stereocenters. The predicted molar refractivity (Wildman–Crippen MR) is 62.3 cm³/mol. The van der Waals surface area contributed by atoms with Crippen molar-refractivity contribution in [1.29, 1.82) is 0 Å². The molecule has 0 aliphatic heterocycles. The zero-order valence-electron chi connectivity index (χ0n) is 8.22. The molecule has 1 aromatic heterocycles. The molecule has 1 heterocycles. The standard InChI is InChI=1S/C11H8ClN3O/c12-7-1-2-10(13)9(5-7)11-14-4-3-8(6-16)15-11/h1-6H,13H2. The van der Waals surface area contributed by atoms with Gasteiger partial charge in [-0.15, -0.1) is 0 Å². The fraction of sp³-hybridized carbons (Fsp3) is 0. The first-order valence-electron chi connectivity index (χ1n) is 4.54. The maximum atomic E-state index is 10.6. The Labute approximate surface area is 97.1 Å². The Morgan fingerprint density at radius 2 is 2.12 bits per heavy atom. The summed E-state index contributed by atoms with van der Waals surface area (Å²) in [5.41, 5.74) is 7.24. The Morgan fingerprint density at radius 3 is 2.88 bits per heavy atom. The molecule has 2 N–H and O–H groups in total. The van der Waals surface area contributed by atoms with Crippen molar-refractivity contribution in [2.75, 3.05) is 5.73 Å². The van der Waals surface area contributed by atoms with Crippen molar-refractivity contribution in [2.24, 2.45) is 0 Å². The van der Waals surface area contributed by atoms with Crippen molar-refractivity contribution in [3.63, 3.8) is 0 Å². The van der Waals surface area contributed by atoms with Crippen molar-refractivity contribution >= 4 is 23.6 Å². The third kappa shape index (κ3) is 2.01. The lowest BCUT2D eigenvalue weighted by atomic mass is 10.1. The number of rotatable bonds is 2. The molecule has 16 heavy (non-hydrogen) atoms. The minimum atomic E-state index is 0.310. The number of carbonyl (C=O) groups excluding carboxylic acids is 1. The van der Waals surface area contributed by atoms with Gasteiger partial charge in [-0.1, -0.05) is 11.6 Å². The zero-order valence-corrected chi connectivity index (χ0v) is 8.98. The van der Waals surface area contributed by atoms with Crippen LogP contribution in [0.5, 0.6) is 0 Å². The van der Waals surface area contributed by atoms with Crippen molar-refractivity contribution < 1.29 is 4.79 Å². The van der Waals surface area contributed by atoms with Gasteiger partial charge in [0.05, 0.1) is 0 Å². The van der Waals surface area contributed by atoms with Crippen LogP contribution in [0.15, 0.2) is 30.5 Å². The number of nitrogen functional groups attached to an aromatic ring is 1. The van der Waals surface area contributed by atoms with Crippen LogP contribution in [-0.4, -0.2) is 16.3 Å². The summed E-state index contributed by atoms with van der Waals surface area (Å²) in [6.45, 7) is 0. The van der Waals surface area contributed by atoms with E-state index in [1.54, 1.807) is 18.2 Å². The molecule has 2 aromatic rings. The van der Waals surface area contributed by atoms with E-state index in [1.165, 1.54) is 12.3 Å². The van der Waals surface area contributed by atoms with Gasteiger partial charge in [0.15, 0.2) is 12.1 Å². The quantitative estimate of drug-likeness (QED) is 0.638. The van der Waals surface area contributed by atoms with Gasteiger partial charge in [0, 0.05) is 22.5 Å². The van der Waals surface area contributed by atoms with E-state index in [1.807, 2.05) is 0 Å². The molecule has 5 heteroatoms. The molecule has 1 aromatic carbocycles. The summed E-state index contributed by atoms with van der Waals surface area (Å²) < 4.78 is 0. The van der Waals surface area contributed by atoms with Crippen LogP contribution in [-0.2, 0) is 0 Å². The first-order valence-corrected chi connectivity index (χ1v) is 4.92. The molecule has 0 radical (unpaired) electrons. The van der Waals surface area contributed by atoms with Crippen molar-refractivity contribution in [1.82, 2.24) is 9.97 Å². The minimum absolute atomic E-state index is 0.310. The summed E-state index contributed by atoms with van der Waals surface area (Å²) in [4.78, 5) is 18.7. The van der Waals surface area contributed by atoms with Gasteiger partial charge >= 0.3 is 0 Å². The monoisotopic (exact) mass is 233 g/mol. The largest absolute Gasteiger partial charge is 0.398 e. The van der Waals surface area contributed by atoms with Crippen LogP contribution in [0, 0.1) is 0 Å². The van der Waals surface area contributed by atoms with E-state index in [0.29, 0.717) is 34.1 Å². The number of aldehydes is 1. The highest BCUT2D eigenvalue weighted by Crippen LogP contribution is 2.25. The van der Waals surface area contributed by atoms with Gasteiger partial charge in [0.25, 0.3) is 0 Å². The van der Waals surface area contributed by atoms with Crippen molar-refractivity contribution in [3.05, 3.63) is 41.2 Å². The highest BCUT2D eigenvalue weighted by molar-refractivity contribution is 6.31. The Balaban J connectivity index is 2.57.